The van der Waals surface area contributed by atoms with E-state index in [0.717, 1.165) is 0 Å². The summed E-state index contributed by atoms with van der Waals surface area (Å²) in [6.07, 6.45) is -0.130. The minimum absolute atomic E-state index is 0.130. The molecule has 1 N–H and O–H groups in total. The third-order valence-electron chi connectivity index (χ3n) is 3.13. The molecule has 6 nitrogen and oxygen atoms in total. The van der Waals surface area contributed by atoms with Crippen molar-refractivity contribution in [1.29, 1.82) is 0 Å². The topological polar surface area (TPSA) is 81.7 Å². The molecule has 2 aromatic rings. The molecule has 22 heavy (non-hydrogen) atoms. The maximum Gasteiger partial charge on any atom is 0.383 e. The molecule has 0 saturated carbocycles. The lowest BCUT2D eigenvalue weighted by Crippen LogP contribution is -2.38. The third kappa shape index (κ3) is 3.26. The zero-order valence-corrected chi connectivity index (χ0v) is 12.2. The van der Waals surface area contributed by atoms with E-state index in [0.29, 0.717) is 11.3 Å². The quantitative estimate of drug-likeness (QED) is 0.691. The molecule has 0 amide bonds. The molecule has 1 atom stereocenters. The minimum atomic E-state index is -3.92. The van der Waals surface area contributed by atoms with Crippen LogP contribution in [0.3, 0.4) is 0 Å². The van der Waals surface area contributed by atoms with E-state index in [1.54, 1.807) is 54.6 Å². The highest BCUT2D eigenvalue weighted by Crippen LogP contribution is 2.32. The Morgan fingerprint density at radius 1 is 1.09 bits per heavy atom. The SMILES string of the molecule is O=C(C[C@H]1NS(=O)(=O)Oc2ccccc21)Oc1ccccc1. The number of hydrogen-bond acceptors (Lipinski definition) is 5. The van der Waals surface area contributed by atoms with Crippen LogP contribution in [0.1, 0.15) is 18.0 Å². The summed E-state index contributed by atoms with van der Waals surface area (Å²) in [4.78, 5) is 12.0. The zero-order chi connectivity index (χ0) is 15.6. The molecule has 0 aromatic heterocycles. The van der Waals surface area contributed by atoms with Crippen molar-refractivity contribution in [3.63, 3.8) is 0 Å². The largest absolute Gasteiger partial charge is 0.426 e. The maximum absolute atomic E-state index is 12.0. The molecular formula is C15H13NO5S. The molecule has 7 heteroatoms. The van der Waals surface area contributed by atoms with E-state index < -0.39 is 22.3 Å². The van der Waals surface area contributed by atoms with Gasteiger partial charge in [0.1, 0.15) is 11.5 Å². The lowest BCUT2D eigenvalue weighted by Gasteiger charge is -2.25. The highest BCUT2D eigenvalue weighted by atomic mass is 32.2. The van der Waals surface area contributed by atoms with Crippen LogP contribution in [0.2, 0.25) is 0 Å². The predicted molar refractivity (Wildman–Crippen MR) is 78.6 cm³/mol. The van der Waals surface area contributed by atoms with Crippen LogP contribution in [0.15, 0.2) is 54.6 Å². The molecule has 0 bridgehead atoms. The maximum atomic E-state index is 12.0. The summed E-state index contributed by atoms with van der Waals surface area (Å²) >= 11 is 0. The first-order chi connectivity index (χ1) is 10.5. The zero-order valence-electron chi connectivity index (χ0n) is 11.4. The molecule has 0 unspecified atom stereocenters. The van der Waals surface area contributed by atoms with Crippen molar-refractivity contribution in [3.05, 3.63) is 60.2 Å². The summed E-state index contributed by atoms with van der Waals surface area (Å²) in [6, 6.07) is 14.5. The van der Waals surface area contributed by atoms with Gasteiger partial charge in [0, 0.05) is 5.56 Å². The molecule has 0 fully saturated rings. The number of carbonyl (C=O) groups is 1. The van der Waals surface area contributed by atoms with Crippen LogP contribution in [0, 0.1) is 0 Å². The number of fused-ring (bicyclic) bond motifs is 1. The summed E-state index contributed by atoms with van der Waals surface area (Å²) in [7, 11) is -3.92. The van der Waals surface area contributed by atoms with Crippen LogP contribution in [0.25, 0.3) is 0 Å². The molecule has 114 valence electrons. The molecule has 0 saturated heterocycles. The van der Waals surface area contributed by atoms with E-state index in [-0.39, 0.29) is 12.2 Å². The Kier molecular flexibility index (Phi) is 3.82. The summed E-state index contributed by atoms with van der Waals surface area (Å²) in [5.74, 6) is 0.102. The van der Waals surface area contributed by atoms with Gasteiger partial charge < -0.3 is 8.92 Å². The van der Waals surface area contributed by atoms with Crippen molar-refractivity contribution < 1.29 is 22.1 Å². The van der Waals surface area contributed by atoms with Gasteiger partial charge in [0.05, 0.1) is 12.5 Å². The monoisotopic (exact) mass is 319 g/mol. The second-order valence-corrected chi connectivity index (χ2v) is 6.05. The minimum Gasteiger partial charge on any atom is -0.426 e. The number of esters is 1. The average molecular weight is 319 g/mol. The van der Waals surface area contributed by atoms with Crippen molar-refractivity contribution >= 4 is 16.3 Å². The van der Waals surface area contributed by atoms with E-state index in [2.05, 4.69) is 4.72 Å². The molecule has 0 radical (unpaired) electrons. The molecule has 3 rings (SSSR count). The summed E-state index contributed by atoms with van der Waals surface area (Å²) < 4.78 is 35.7. The first-order valence-corrected chi connectivity index (χ1v) is 8.01. The second kappa shape index (κ2) is 5.78. The molecular weight excluding hydrogens is 306 g/mol. The van der Waals surface area contributed by atoms with Gasteiger partial charge in [0.2, 0.25) is 0 Å². The smallest absolute Gasteiger partial charge is 0.383 e. The van der Waals surface area contributed by atoms with Gasteiger partial charge in [-0.3, -0.25) is 4.79 Å². The van der Waals surface area contributed by atoms with Gasteiger partial charge in [0.15, 0.2) is 0 Å². The molecule has 0 spiro atoms. The van der Waals surface area contributed by atoms with Gasteiger partial charge in [-0.2, -0.15) is 13.1 Å². The summed E-state index contributed by atoms with van der Waals surface area (Å²) in [5, 5.41) is 0. The predicted octanol–water partition coefficient (Wildman–Crippen LogP) is 1.95. The fourth-order valence-electron chi connectivity index (χ4n) is 2.20. The summed E-state index contributed by atoms with van der Waals surface area (Å²) in [6.45, 7) is 0. The van der Waals surface area contributed by atoms with E-state index >= 15 is 0 Å². The molecule has 1 aliphatic heterocycles. The summed E-state index contributed by atoms with van der Waals surface area (Å²) in [5.41, 5.74) is 0.599. The number of nitrogens with one attached hydrogen (secondary N) is 1. The lowest BCUT2D eigenvalue weighted by molar-refractivity contribution is -0.134. The number of carbonyl (C=O) groups excluding carboxylic acids is 1. The Morgan fingerprint density at radius 3 is 2.55 bits per heavy atom. The highest BCUT2D eigenvalue weighted by Gasteiger charge is 2.32. The Morgan fingerprint density at radius 2 is 1.77 bits per heavy atom. The van der Waals surface area contributed by atoms with Crippen molar-refractivity contribution in [1.82, 2.24) is 4.72 Å². The third-order valence-corrected chi connectivity index (χ3v) is 4.10. The van der Waals surface area contributed by atoms with Crippen LogP contribution >= 0.6 is 0 Å². The van der Waals surface area contributed by atoms with Crippen LogP contribution in [-0.4, -0.2) is 14.4 Å². The van der Waals surface area contributed by atoms with Crippen LogP contribution < -0.4 is 13.6 Å². The average Bonchev–Trinajstić information content (AvgIpc) is 2.47. The molecule has 1 aliphatic rings. The van der Waals surface area contributed by atoms with E-state index in [1.807, 2.05) is 0 Å². The second-order valence-electron chi connectivity index (χ2n) is 4.74. The van der Waals surface area contributed by atoms with E-state index in [1.165, 1.54) is 0 Å². The normalized spacial score (nSPS) is 18.8. The Bertz CT molecular complexity index is 789. The molecule has 2 aromatic carbocycles. The lowest BCUT2D eigenvalue weighted by atomic mass is 10.0. The Balaban J connectivity index is 1.78. The van der Waals surface area contributed by atoms with Crippen LogP contribution in [0.5, 0.6) is 11.5 Å². The highest BCUT2D eigenvalue weighted by molar-refractivity contribution is 7.85. The molecule has 0 aliphatic carbocycles. The number of para-hydroxylation sites is 2. The first kappa shape index (κ1) is 14.6. The van der Waals surface area contributed by atoms with Gasteiger partial charge in [0.25, 0.3) is 0 Å². The number of ether oxygens (including phenoxy) is 1. The fraction of sp³-hybridized carbons (Fsp3) is 0.133. The fourth-order valence-corrected chi connectivity index (χ4v) is 3.20. The van der Waals surface area contributed by atoms with Crippen molar-refractivity contribution in [3.8, 4) is 11.5 Å². The van der Waals surface area contributed by atoms with E-state index in [4.69, 9.17) is 8.92 Å². The van der Waals surface area contributed by atoms with Gasteiger partial charge in [-0.05, 0) is 18.2 Å². The van der Waals surface area contributed by atoms with E-state index in [9.17, 15) is 13.2 Å². The number of benzene rings is 2. The number of rotatable bonds is 3. The van der Waals surface area contributed by atoms with Crippen molar-refractivity contribution in [2.75, 3.05) is 0 Å². The van der Waals surface area contributed by atoms with Gasteiger partial charge in [-0.1, -0.05) is 36.4 Å². The Hall–Kier alpha value is -2.38. The van der Waals surface area contributed by atoms with Crippen molar-refractivity contribution in [2.45, 2.75) is 12.5 Å². The Labute approximate surface area is 127 Å². The molecule has 1 heterocycles. The van der Waals surface area contributed by atoms with Crippen molar-refractivity contribution in [2.24, 2.45) is 0 Å². The van der Waals surface area contributed by atoms with Gasteiger partial charge >= 0.3 is 16.3 Å². The number of hydrogen-bond donors (Lipinski definition) is 1. The van der Waals surface area contributed by atoms with Gasteiger partial charge in [-0.25, -0.2) is 0 Å². The first-order valence-electron chi connectivity index (χ1n) is 6.60. The standard InChI is InChI=1S/C15H13NO5S/c17-15(20-11-6-2-1-3-7-11)10-13-12-8-4-5-9-14(12)21-22(18,19)16-13/h1-9,13,16H,10H2/t13-/m1/s1. The van der Waals surface area contributed by atoms with Crippen LogP contribution in [-0.2, 0) is 15.1 Å². The van der Waals surface area contributed by atoms with Crippen LogP contribution in [0.4, 0.5) is 0 Å². The van der Waals surface area contributed by atoms with Gasteiger partial charge in [-0.15, -0.1) is 0 Å².